The molecule has 5 nitrogen and oxygen atoms in total. The molecule has 0 aromatic heterocycles. The zero-order valence-corrected chi connectivity index (χ0v) is 19.9. The first kappa shape index (κ1) is 23.1. The molecule has 0 spiro atoms. The fourth-order valence-electron chi connectivity index (χ4n) is 4.82. The van der Waals surface area contributed by atoms with E-state index in [9.17, 15) is 4.79 Å². The van der Waals surface area contributed by atoms with Gasteiger partial charge < -0.3 is 14.5 Å². The van der Waals surface area contributed by atoms with Gasteiger partial charge in [-0.25, -0.2) is 9.10 Å². The second kappa shape index (κ2) is 11.7. The molecule has 2 aliphatic heterocycles. The van der Waals surface area contributed by atoms with Gasteiger partial charge in [0.2, 0.25) is 0 Å². The van der Waals surface area contributed by atoms with Gasteiger partial charge in [-0.1, -0.05) is 48.5 Å². The van der Waals surface area contributed by atoms with E-state index in [1.165, 1.54) is 16.9 Å². The lowest BCUT2D eigenvalue weighted by Gasteiger charge is -2.36. The molecule has 1 unspecified atom stereocenters. The molecule has 0 saturated carbocycles. The highest BCUT2D eigenvalue weighted by Gasteiger charge is 2.32. The molecule has 0 bridgehead atoms. The average Bonchev–Trinajstić information content (AvgIpc) is 3.25. The van der Waals surface area contributed by atoms with Crippen molar-refractivity contribution in [1.82, 2.24) is 14.1 Å². The molecule has 32 heavy (non-hydrogen) atoms. The van der Waals surface area contributed by atoms with Gasteiger partial charge in [-0.05, 0) is 74.8 Å². The van der Waals surface area contributed by atoms with Crippen molar-refractivity contribution in [2.45, 2.75) is 36.6 Å². The van der Waals surface area contributed by atoms with Crippen LogP contribution in [0.3, 0.4) is 0 Å². The molecule has 1 amide bonds. The summed E-state index contributed by atoms with van der Waals surface area (Å²) in [5, 5.41) is 0. The zero-order valence-electron chi connectivity index (χ0n) is 19.1. The van der Waals surface area contributed by atoms with Crippen LogP contribution in [-0.4, -0.2) is 72.6 Å². The summed E-state index contributed by atoms with van der Waals surface area (Å²) in [6.07, 6.45) is 4.29. The van der Waals surface area contributed by atoms with E-state index in [4.69, 9.17) is 4.74 Å². The van der Waals surface area contributed by atoms with E-state index in [0.717, 1.165) is 52.0 Å². The van der Waals surface area contributed by atoms with Crippen molar-refractivity contribution in [2.24, 2.45) is 5.92 Å². The molecule has 2 aromatic carbocycles. The van der Waals surface area contributed by atoms with Crippen LogP contribution in [0.1, 0.15) is 24.8 Å². The molecular weight excluding hydrogens is 418 g/mol. The molecule has 0 N–H and O–H groups in total. The number of piperidine rings is 1. The number of carbonyl (C=O) groups is 1. The van der Waals surface area contributed by atoms with Crippen molar-refractivity contribution in [3.63, 3.8) is 0 Å². The Kier molecular flexibility index (Phi) is 8.49. The van der Waals surface area contributed by atoms with E-state index >= 15 is 0 Å². The standard InChI is InChI=1S/C26H35N3O2S/c1-27(32-25-10-6-3-7-11-25)21-23(20-22-8-4-2-5-9-22)12-15-28-16-13-24(14-17-28)29-18-19-31-26(29)30/h2-11,23-24H,12-21H2,1H3. The maximum Gasteiger partial charge on any atom is 0.410 e. The predicted octanol–water partition coefficient (Wildman–Crippen LogP) is 4.79. The zero-order chi connectivity index (χ0) is 22.2. The third-order valence-electron chi connectivity index (χ3n) is 6.53. The van der Waals surface area contributed by atoms with Crippen molar-refractivity contribution in [3.8, 4) is 0 Å². The highest BCUT2D eigenvalue weighted by molar-refractivity contribution is 7.97. The SMILES string of the molecule is CN(CC(CCN1CCC(N2CCOC2=O)CC1)Cc1ccccc1)Sc1ccccc1. The van der Waals surface area contributed by atoms with Crippen LogP contribution in [0.25, 0.3) is 0 Å². The molecule has 172 valence electrons. The fourth-order valence-corrected chi connectivity index (χ4v) is 5.75. The van der Waals surface area contributed by atoms with Crippen LogP contribution in [0.5, 0.6) is 0 Å². The second-order valence-electron chi connectivity index (χ2n) is 8.94. The second-order valence-corrected chi connectivity index (χ2v) is 10.2. The Balaban J connectivity index is 1.28. The van der Waals surface area contributed by atoms with E-state index in [2.05, 4.69) is 76.9 Å². The van der Waals surface area contributed by atoms with Gasteiger partial charge in [-0.15, -0.1) is 0 Å². The summed E-state index contributed by atoms with van der Waals surface area (Å²) >= 11 is 1.83. The molecule has 2 fully saturated rings. The van der Waals surface area contributed by atoms with Crippen molar-refractivity contribution in [1.29, 1.82) is 0 Å². The Morgan fingerprint density at radius 3 is 2.38 bits per heavy atom. The summed E-state index contributed by atoms with van der Waals surface area (Å²) in [5.41, 5.74) is 1.42. The number of carbonyl (C=O) groups excluding carboxylic acids is 1. The van der Waals surface area contributed by atoms with E-state index in [1.54, 1.807) is 0 Å². The van der Waals surface area contributed by atoms with Gasteiger partial charge in [-0.3, -0.25) is 0 Å². The number of nitrogens with zero attached hydrogens (tertiary/aromatic N) is 3. The molecule has 2 heterocycles. The van der Waals surface area contributed by atoms with Crippen LogP contribution in [0.2, 0.25) is 0 Å². The monoisotopic (exact) mass is 453 g/mol. The summed E-state index contributed by atoms with van der Waals surface area (Å²) in [6, 6.07) is 21.8. The Morgan fingerprint density at radius 1 is 1.03 bits per heavy atom. The Morgan fingerprint density at radius 2 is 1.72 bits per heavy atom. The topological polar surface area (TPSA) is 36.0 Å². The number of hydrogen-bond donors (Lipinski definition) is 0. The third kappa shape index (κ3) is 6.74. The number of likely N-dealkylation sites (tertiary alicyclic amines) is 1. The van der Waals surface area contributed by atoms with E-state index in [-0.39, 0.29) is 6.09 Å². The van der Waals surface area contributed by atoms with Gasteiger partial charge in [0.05, 0.1) is 6.54 Å². The fraction of sp³-hybridized carbons (Fsp3) is 0.500. The largest absolute Gasteiger partial charge is 0.448 e. The third-order valence-corrected chi connectivity index (χ3v) is 7.47. The lowest BCUT2D eigenvalue weighted by molar-refractivity contribution is 0.115. The van der Waals surface area contributed by atoms with Crippen LogP contribution in [0.15, 0.2) is 65.6 Å². The molecule has 6 heteroatoms. The summed E-state index contributed by atoms with van der Waals surface area (Å²) in [5.74, 6) is 0.602. The van der Waals surface area contributed by atoms with Gasteiger partial charge >= 0.3 is 6.09 Å². The Labute approximate surface area is 196 Å². The molecule has 2 saturated heterocycles. The minimum absolute atomic E-state index is 0.120. The predicted molar refractivity (Wildman–Crippen MR) is 131 cm³/mol. The average molecular weight is 454 g/mol. The molecule has 2 aliphatic rings. The molecule has 1 atom stereocenters. The van der Waals surface area contributed by atoms with E-state index in [0.29, 0.717) is 18.6 Å². The number of benzene rings is 2. The van der Waals surface area contributed by atoms with Crippen molar-refractivity contribution >= 4 is 18.0 Å². The number of hydrogen-bond acceptors (Lipinski definition) is 5. The first-order valence-corrected chi connectivity index (χ1v) is 12.6. The molecule has 0 aliphatic carbocycles. The highest BCUT2D eigenvalue weighted by atomic mass is 32.2. The van der Waals surface area contributed by atoms with Crippen LogP contribution < -0.4 is 0 Å². The first-order chi connectivity index (χ1) is 15.7. The quantitative estimate of drug-likeness (QED) is 0.484. The first-order valence-electron chi connectivity index (χ1n) is 11.8. The Bertz CT molecular complexity index is 827. The van der Waals surface area contributed by atoms with Gasteiger partial charge in [0, 0.05) is 30.6 Å². The van der Waals surface area contributed by atoms with Crippen LogP contribution in [-0.2, 0) is 11.2 Å². The smallest absolute Gasteiger partial charge is 0.410 e. The van der Waals surface area contributed by atoms with E-state index < -0.39 is 0 Å². The van der Waals surface area contributed by atoms with Gasteiger partial charge in [0.25, 0.3) is 0 Å². The molecule has 2 aromatic rings. The van der Waals surface area contributed by atoms with Gasteiger partial charge in [0.15, 0.2) is 0 Å². The van der Waals surface area contributed by atoms with Crippen LogP contribution in [0.4, 0.5) is 4.79 Å². The molecule has 0 radical (unpaired) electrons. The summed E-state index contributed by atoms with van der Waals surface area (Å²) in [7, 11) is 2.20. The van der Waals surface area contributed by atoms with E-state index in [1.807, 2.05) is 16.8 Å². The minimum Gasteiger partial charge on any atom is -0.448 e. The lowest BCUT2D eigenvalue weighted by Crippen LogP contribution is -2.45. The van der Waals surface area contributed by atoms with Crippen LogP contribution >= 0.6 is 11.9 Å². The molecule has 4 rings (SSSR count). The maximum atomic E-state index is 11.9. The number of amides is 1. The highest BCUT2D eigenvalue weighted by Crippen LogP contribution is 2.25. The summed E-state index contributed by atoms with van der Waals surface area (Å²) in [4.78, 5) is 17.7. The summed E-state index contributed by atoms with van der Waals surface area (Å²) < 4.78 is 7.51. The maximum absolute atomic E-state index is 11.9. The summed E-state index contributed by atoms with van der Waals surface area (Å²) in [6.45, 7) is 5.63. The Hall–Kier alpha value is -2.02. The van der Waals surface area contributed by atoms with Gasteiger partial charge in [0.1, 0.15) is 6.61 Å². The normalized spacial score (nSPS) is 18.8. The lowest BCUT2D eigenvalue weighted by atomic mass is 9.95. The minimum atomic E-state index is -0.120. The number of cyclic esters (lactones) is 1. The molecular formula is C26H35N3O2S. The van der Waals surface area contributed by atoms with Crippen molar-refractivity contribution < 1.29 is 9.53 Å². The van der Waals surface area contributed by atoms with Crippen molar-refractivity contribution in [3.05, 3.63) is 66.2 Å². The van der Waals surface area contributed by atoms with Crippen LogP contribution in [0, 0.1) is 5.92 Å². The van der Waals surface area contributed by atoms with Crippen molar-refractivity contribution in [2.75, 3.05) is 46.4 Å². The number of ether oxygens (including phenoxy) is 1. The van der Waals surface area contributed by atoms with Gasteiger partial charge in [-0.2, -0.15) is 0 Å². The number of rotatable bonds is 10.